The molecule has 1 aliphatic heterocycles. The minimum absolute atomic E-state index is 0.0186. The van der Waals surface area contributed by atoms with Gasteiger partial charge in [0.25, 0.3) is 5.56 Å². The third kappa shape index (κ3) is 4.49. The molecule has 0 saturated carbocycles. The average Bonchev–Trinajstić information content (AvgIpc) is 3.26. The monoisotopic (exact) mass is 423 g/mol. The molecule has 0 spiro atoms. The highest BCUT2D eigenvalue weighted by Crippen LogP contribution is 2.34. The Morgan fingerprint density at radius 3 is 2.52 bits per heavy atom. The van der Waals surface area contributed by atoms with E-state index in [2.05, 4.69) is 5.10 Å². The number of thioether (sulfide) groups is 1. The van der Waals surface area contributed by atoms with E-state index in [4.69, 9.17) is 14.5 Å². The van der Waals surface area contributed by atoms with E-state index in [9.17, 15) is 9.59 Å². The lowest BCUT2D eigenvalue weighted by Gasteiger charge is -2.24. The third-order valence-electron chi connectivity index (χ3n) is 4.90. The molecule has 3 heterocycles. The maximum Gasteiger partial charge on any atom is 0.265 e. The fourth-order valence-electron chi connectivity index (χ4n) is 3.37. The number of fused-ring (bicyclic) bond motifs is 2. The van der Waals surface area contributed by atoms with Gasteiger partial charge in [-0.2, -0.15) is 5.10 Å². The largest absolute Gasteiger partial charge is 0.383 e. The molecule has 0 aliphatic carbocycles. The predicted molar refractivity (Wildman–Crippen MR) is 111 cm³/mol. The van der Waals surface area contributed by atoms with Crippen molar-refractivity contribution in [3.63, 3.8) is 0 Å². The zero-order valence-electron chi connectivity index (χ0n) is 17.7. The Balaban J connectivity index is 1.87. The first kappa shape index (κ1) is 21.8. The molecule has 3 rings (SSSR count). The van der Waals surface area contributed by atoms with Crippen LogP contribution in [0.4, 0.5) is 0 Å². The van der Waals surface area contributed by atoms with Gasteiger partial charge in [-0.3, -0.25) is 14.2 Å². The van der Waals surface area contributed by atoms with E-state index < -0.39 is 0 Å². The van der Waals surface area contributed by atoms with E-state index in [1.54, 1.807) is 34.6 Å². The van der Waals surface area contributed by atoms with E-state index in [0.717, 1.165) is 0 Å². The number of rotatable bonds is 8. The molecular weight excluding hydrogens is 394 g/mol. The first-order valence-corrected chi connectivity index (χ1v) is 10.7. The number of nitrogens with zero attached hydrogens (tertiary/aromatic N) is 5. The van der Waals surface area contributed by atoms with Gasteiger partial charge in [-0.1, -0.05) is 11.8 Å². The first-order valence-electron chi connectivity index (χ1n) is 9.67. The highest BCUT2D eigenvalue weighted by molar-refractivity contribution is 7.99. The van der Waals surface area contributed by atoms with Gasteiger partial charge in [0.05, 0.1) is 31.0 Å². The Labute approximate surface area is 174 Å². The number of hydrogen-bond donors (Lipinski definition) is 0. The Morgan fingerprint density at radius 2 is 1.93 bits per heavy atom. The fourth-order valence-corrected chi connectivity index (χ4v) is 4.50. The van der Waals surface area contributed by atoms with Crippen molar-refractivity contribution in [2.24, 2.45) is 0 Å². The van der Waals surface area contributed by atoms with Crippen LogP contribution < -0.4 is 5.56 Å². The van der Waals surface area contributed by atoms with Gasteiger partial charge in [-0.05, 0) is 20.8 Å². The maximum absolute atomic E-state index is 13.2. The minimum Gasteiger partial charge on any atom is -0.383 e. The summed E-state index contributed by atoms with van der Waals surface area (Å²) in [6.07, 6.45) is 1.82. The molecule has 0 fully saturated rings. The number of carbonyl (C=O) groups excluding carboxylic acids is 1. The number of ether oxygens (including phenoxy) is 2. The van der Waals surface area contributed by atoms with Crippen molar-refractivity contribution in [1.82, 2.24) is 24.2 Å². The number of hydrogen-bond acceptors (Lipinski definition) is 7. The molecule has 1 aliphatic rings. The van der Waals surface area contributed by atoms with Crippen LogP contribution in [0.5, 0.6) is 0 Å². The Bertz CT molecular complexity index is 925. The van der Waals surface area contributed by atoms with E-state index in [0.29, 0.717) is 48.2 Å². The molecule has 0 radical (unpaired) electrons. The summed E-state index contributed by atoms with van der Waals surface area (Å²) in [6.45, 7) is 7.98. The maximum atomic E-state index is 13.2. The van der Waals surface area contributed by atoms with Gasteiger partial charge in [0.1, 0.15) is 5.39 Å². The van der Waals surface area contributed by atoms with Crippen LogP contribution in [0, 0.1) is 0 Å². The summed E-state index contributed by atoms with van der Waals surface area (Å²) in [5.41, 5.74) is 0.181. The molecule has 2 aromatic heterocycles. The van der Waals surface area contributed by atoms with Crippen molar-refractivity contribution >= 4 is 28.7 Å². The van der Waals surface area contributed by atoms with Gasteiger partial charge in [0, 0.05) is 39.5 Å². The molecule has 9 nitrogen and oxygen atoms in total. The molecule has 10 heteroatoms. The summed E-state index contributed by atoms with van der Waals surface area (Å²) in [6, 6.07) is -0.225. The van der Waals surface area contributed by atoms with Crippen molar-refractivity contribution in [2.45, 2.75) is 43.9 Å². The zero-order valence-corrected chi connectivity index (χ0v) is 18.5. The quantitative estimate of drug-likeness (QED) is 0.594. The zero-order chi connectivity index (χ0) is 21.2. The van der Waals surface area contributed by atoms with Crippen LogP contribution in [0.15, 0.2) is 16.1 Å². The Kier molecular flexibility index (Phi) is 6.65. The van der Waals surface area contributed by atoms with E-state index in [-0.39, 0.29) is 29.5 Å². The lowest BCUT2D eigenvalue weighted by atomic mass is 10.1. The van der Waals surface area contributed by atoms with Gasteiger partial charge in [0.15, 0.2) is 10.8 Å². The number of carbonyl (C=O) groups is 1. The summed E-state index contributed by atoms with van der Waals surface area (Å²) >= 11 is 1.51. The second-order valence-corrected chi connectivity index (χ2v) is 9.06. The predicted octanol–water partition coefficient (Wildman–Crippen LogP) is 1.51. The molecule has 0 N–H and O–H groups in total. The van der Waals surface area contributed by atoms with Crippen molar-refractivity contribution in [3.05, 3.63) is 16.6 Å². The number of methoxy groups -OCH3 is 2. The highest BCUT2D eigenvalue weighted by Gasteiger charge is 2.31. The van der Waals surface area contributed by atoms with Crippen molar-refractivity contribution in [1.29, 1.82) is 0 Å². The molecule has 0 aromatic carbocycles. The first-order chi connectivity index (χ1) is 13.8. The molecule has 1 atom stereocenters. The lowest BCUT2D eigenvalue weighted by molar-refractivity contribution is -0.133. The second kappa shape index (κ2) is 8.85. The average molecular weight is 424 g/mol. The Morgan fingerprint density at radius 1 is 1.28 bits per heavy atom. The third-order valence-corrected chi connectivity index (χ3v) is 6.00. The Hall–Kier alpha value is -1.91. The van der Waals surface area contributed by atoms with Gasteiger partial charge >= 0.3 is 0 Å². The molecular formula is C19H29N5O4S. The van der Waals surface area contributed by atoms with Crippen LogP contribution in [0.2, 0.25) is 0 Å². The topological polar surface area (TPSA) is 91.5 Å². The van der Waals surface area contributed by atoms with E-state index in [1.807, 2.05) is 20.8 Å². The van der Waals surface area contributed by atoms with Crippen molar-refractivity contribution in [3.8, 4) is 0 Å². The van der Waals surface area contributed by atoms with Crippen LogP contribution in [0.1, 0.15) is 33.2 Å². The molecule has 1 amide bonds. The lowest BCUT2D eigenvalue weighted by Crippen LogP contribution is -2.38. The summed E-state index contributed by atoms with van der Waals surface area (Å²) in [5, 5.41) is 5.51. The standard InChI is InChI=1S/C19H29N5O4S/c1-19(2,3)24-16-14(11-20-24)17(26)23-13(12-29-18(23)21-16)10-15(25)22(6-8-27-4)7-9-28-5/h11,13H,6-10,12H2,1-5H3. The number of amides is 1. The minimum atomic E-state index is -0.276. The molecule has 0 saturated heterocycles. The van der Waals surface area contributed by atoms with E-state index in [1.165, 1.54) is 11.8 Å². The summed E-state index contributed by atoms with van der Waals surface area (Å²) in [7, 11) is 3.22. The number of aromatic nitrogens is 4. The summed E-state index contributed by atoms with van der Waals surface area (Å²) < 4.78 is 13.7. The molecule has 29 heavy (non-hydrogen) atoms. The second-order valence-electron chi connectivity index (χ2n) is 8.07. The van der Waals surface area contributed by atoms with Crippen molar-refractivity contribution < 1.29 is 14.3 Å². The van der Waals surface area contributed by atoms with Crippen LogP contribution in [0.3, 0.4) is 0 Å². The summed E-state index contributed by atoms with van der Waals surface area (Å²) in [4.78, 5) is 32.5. The summed E-state index contributed by atoms with van der Waals surface area (Å²) in [5.74, 6) is 0.626. The van der Waals surface area contributed by atoms with Crippen LogP contribution in [-0.4, -0.2) is 76.4 Å². The smallest absolute Gasteiger partial charge is 0.265 e. The molecule has 0 bridgehead atoms. The van der Waals surface area contributed by atoms with E-state index >= 15 is 0 Å². The van der Waals surface area contributed by atoms with Gasteiger partial charge in [-0.15, -0.1) is 0 Å². The molecule has 160 valence electrons. The van der Waals surface area contributed by atoms with Gasteiger partial charge < -0.3 is 14.4 Å². The normalized spacial score (nSPS) is 16.4. The highest BCUT2D eigenvalue weighted by atomic mass is 32.2. The van der Waals surface area contributed by atoms with Crippen LogP contribution in [0.25, 0.3) is 11.0 Å². The van der Waals surface area contributed by atoms with Crippen LogP contribution >= 0.6 is 11.8 Å². The SMILES string of the molecule is COCCN(CCOC)C(=O)CC1CSc2nc3c(cnn3C(C)(C)C)c(=O)n21. The van der Waals surface area contributed by atoms with Crippen molar-refractivity contribution in [2.75, 3.05) is 46.3 Å². The molecule has 1 unspecified atom stereocenters. The fraction of sp³-hybridized carbons (Fsp3) is 0.684. The van der Waals surface area contributed by atoms with Gasteiger partial charge in [-0.25, -0.2) is 9.67 Å². The molecule has 2 aromatic rings. The van der Waals surface area contributed by atoms with Crippen LogP contribution in [-0.2, 0) is 19.8 Å². The van der Waals surface area contributed by atoms with Gasteiger partial charge in [0.2, 0.25) is 5.91 Å².